The zero-order valence-electron chi connectivity index (χ0n) is 11.2. The van der Waals surface area contributed by atoms with Gasteiger partial charge in [-0.05, 0) is 38.5 Å². The molecule has 3 heteroatoms. The Bertz CT molecular complexity index is 224. The first-order valence-electron chi connectivity index (χ1n) is 7.11. The fraction of sp³-hybridized carbons (Fsp3) is 0.929. The van der Waals surface area contributed by atoms with Crippen LogP contribution >= 0.6 is 11.6 Å². The minimum Gasteiger partial charge on any atom is -0.353 e. The van der Waals surface area contributed by atoms with E-state index in [4.69, 9.17) is 11.6 Å². The molecule has 0 aliphatic heterocycles. The Morgan fingerprint density at radius 1 is 1.29 bits per heavy atom. The van der Waals surface area contributed by atoms with E-state index in [-0.39, 0.29) is 11.8 Å². The topological polar surface area (TPSA) is 29.1 Å². The lowest BCUT2D eigenvalue weighted by Gasteiger charge is -2.27. The molecule has 1 aliphatic rings. The molecule has 0 aromatic heterocycles. The Morgan fingerprint density at radius 3 is 2.47 bits per heavy atom. The molecule has 0 heterocycles. The quantitative estimate of drug-likeness (QED) is 0.721. The number of carbonyl (C=O) groups is 1. The Hall–Kier alpha value is -0.240. The Morgan fingerprint density at radius 2 is 1.94 bits per heavy atom. The van der Waals surface area contributed by atoms with Gasteiger partial charge in [-0.3, -0.25) is 4.79 Å². The van der Waals surface area contributed by atoms with Gasteiger partial charge in [-0.25, -0.2) is 0 Å². The number of halogens is 1. The predicted octanol–water partition coefficient (Wildman–Crippen LogP) is 3.87. The molecular formula is C14H26ClNO. The maximum absolute atomic E-state index is 12.1. The highest BCUT2D eigenvalue weighted by Crippen LogP contribution is 2.23. The minimum atomic E-state index is 0.212. The van der Waals surface area contributed by atoms with Crippen molar-refractivity contribution in [3.8, 4) is 0 Å². The van der Waals surface area contributed by atoms with Crippen LogP contribution in [0.1, 0.15) is 65.2 Å². The lowest BCUT2D eigenvalue weighted by molar-refractivity contribution is -0.126. The molecule has 2 nitrogen and oxygen atoms in total. The molecule has 1 amide bonds. The summed E-state index contributed by atoms with van der Waals surface area (Å²) in [5.41, 5.74) is 0. The van der Waals surface area contributed by atoms with Crippen LogP contribution in [0.3, 0.4) is 0 Å². The van der Waals surface area contributed by atoms with Crippen molar-refractivity contribution in [1.82, 2.24) is 5.32 Å². The molecule has 1 atom stereocenters. The van der Waals surface area contributed by atoms with Gasteiger partial charge in [0.2, 0.25) is 5.91 Å². The summed E-state index contributed by atoms with van der Waals surface area (Å²) in [7, 11) is 0. The van der Waals surface area contributed by atoms with Crippen molar-refractivity contribution in [3.05, 3.63) is 0 Å². The summed E-state index contributed by atoms with van der Waals surface area (Å²) in [6.07, 6.45) is 8.48. The van der Waals surface area contributed by atoms with Gasteiger partial charge in [0.05, 0.1) is 0 Å². The van der Waals surface area contributed by atoms with Crippen LogP contribution in [0.4, 0.5) is 0 Å². The molecule has 0 aromatic carbocycles. The van der Waals surface area contributed by atoms with Crippen LogP contribution in [-0.2, 0) is 4.79 Å². The maximum Gasteiger partial charge on any atom is 0.223 e. The lowest BCUT2D eigenvalue weighted by atomic mass is 9.93. The van der Waals surface area contributed by atoms with Crippen LogP contribution < -0.4 is 5.32 Å². The van der Waals surface area contributed by atoms with Crippen LogP contribution in [0.25, 0.3) is 0 Å². The van der Waals surface area contributed by atoms with Crippen LogP contribution in [0.15, 0.2) is 0 Å². The van der Waals surface area contributed by atoms with Crippen molar-refractivity contribution in [2.75, 3.05) is 0 Å². The highest BCUT2D eigenvalue weighted by atomic mass is 35.5. The summed E-state index contributed by atoms with van der Waals surface area (Å²) in [5, 5.41) is 3.53. The molecule has 0 bridgehead atoms. The van der Waals surface area contributed by atoms with Gasteiger partial charge in [0.25, 0.3) is 0 Å². The lowest BCUT2D eigenvalue weighted by Crippen LogP contribution is -2.41. The molecule has 0 saturated heterocycles. The molecule has 1 rings (SSSR count). The van der Waals surface area contributed by atoms with Gasteiger partial charge >= 0.3 is 0 Å². The zero-order chi connectivity index (χ0) is 12.7. The number of alkyl halides is 1. The summed E-state index contributed by atoms with van der Waals surface area (Å²) in [4.78, 5) is 12.1. The van der Waals surface area contributed by atoms with E-state index in [9.17, 15) is 4.79 Å². The van der Waals surface area contributed by atoms with E-state index >= 15 is 0 Å². The van der Waals surface area contributed by atoms with E-state index in [1.165, 1.54) is 6.42 Å². The third kappa shape index (κ3) is 5.29. The first-order valence-corrected chi connectivity index (χ1v) is 7.55. The van der Waals surface area contributed by atoms with Crippen molar-refractivity contribution in [3.63, 3.8) is 0 Å². The van der Waals surface area contributed by atoms with Crippen molar-refractivity contribution in [2.24, 2.45) is 5.92 Å². The molecule has 0 spiro atoms. The average molecular weight is 260 g/mol. The highest BCUT2D eigenvalue weighted by molar-refractivity contribution is 6.20. The van der Waals surface area contributed by atoms with Gasteiger partial charge in [-0.15, -0.1) is 11.6 Å². The first kappa shape index (κ1) is 14.8. The number of unbranched alkanes of at least 4 members (excludes halogenated alkanes) is 1. The van der Waals surface area contributed by atoms with Crippen LogP contribution in [-0.4, -0.2) is 17.3 Å². The predicted molar refractivity (Wildman–Crippen MR) is 73.3 cm³/mol. The number of hydrogen-bond acceptors (Lipinski definition) is 1. The number of amides is 1. The van der Waals surface area contributed by atoms with Crippen molar-refractivity contribution < 1.29 is 4.79 Å². The van der Waals surface area contributed by atoms with Gasteiger partial charge in [-0.1, -0.05) is 26.7 Å². The molecule has 1 aliphatic carbocycles. The molecule has 0 radical (unpaired) electrons. The van der Waals surface area contributed by atoms with Crippen molar-refractivity contribution in [1.29, 1.82) is 0 Å². The molecule has 1 saturated carbocycles. The molecule has 1 fully saturated rings. The van der Waals surface area contributed by atoms with Crippen LogP contribution in [0.5, 0.6) is 0 Å². The molecule has 1 unspecified atom stereocenters. The van der Waals surface area contributed by atoms with E-state index in [0.717, 1.165) is 44.9 Å². The fourth-order valence-corrected chi connectivity index (χ4v) is 2.74. The number of carbonyl (C=O) groups excluding carboxylic acids is 1. The fourth-order valence-electron chi connectivity index (χ4n) is 2.49. The van der Waals surface area contributed by atoms with Gasteiger partial charge in [0, 0.05) is 17.3 Å². The third-order valence-corrected chi connectivity index (χ3v) is 4.21. The summed E-state index contributed by atoms with van der Waals surface area (Å²) in [5.74, 6) is 0.475. The molecule has 100 valence electrons. The molecule has 0 aromatic rings. The van der Waals surface area contributed by atoms with E-state index < -0.39 is 0 Å². The highest BCUT2D eigenvalue weighted by Gasteiger charge is 2.23. The second-order valence-electron chi connectivity index (χ2n) is 5.20. The van der Waals surface area contributed by atoms with Gasteiger partial charge in [-0.2, -0.15) is 0 Å². The maximum atomic E-state index is 12.1. The Labute approximate surface area is 110 Å². The van der Waals surface area contributed by atoms with Crippen LogP contribution in [0, 0.1) is 5.92 Å². The third-order valence-electron chi connectivity index (χ3n) is 3.77. The van der Waals surface area contributed by atoms with E-state index in [2.05, 4.69) is 19.2 Å². The van der Waals surface area contributed by atoms with Gasteiger partial charge < -0.3 is 5.32 Å². The summed E-state index contributed by atoms with van der Waals surface area (Å²) >= 11 is 6.06. The number of nitrogens with one attached hydrogen (secondary N) is 1. The zero-order valence-corrected chi connectivity index (χ0v) is 11.9. The SMILES string of the molecule is CCCCC(CC)C(=O)NC1CCC(Cl)CC1. The summed E-state index contributed by atoms with van der Waals surface area (Å²) in [6, 6.07) is 0.369. The Balaban J connectivity index is 2.31. The van der Waals surface area contributed by atoms with Gasteiger partial charge in [0.15, 0.2) is 0 Å². The summed E-state index contributed by atoms with van der Waals surface area (Å²) < 4.78 is 0. The first-order chi connectivity index (χ1) is 8.17. The van der Waals surface area contributed by atoms with Crippen molar-refractivity contribution >= 4 is 17.5 Å². The average Bonchev–Trinajstić information content (AvgIpc) is 2.33. The standard InChI is InChI=1S/C14H26ClNO/c1-3-5-6-11(4-2)14(17)16-13-9-7-12(15)8-10-13/h11-13H,3-10H2,1-2H3,(H,16,17). The normalized spacial score (nSPS) is 26.5. The largest absolute Gasteiger partial charge is 0.353 e. The monoisotopic (exact) mass is 259 g/mol. The second-order valence-corrected chi connectivity index (χ2v) is 5.82. The van der Waals surface area contributed by atoms with Crippen molar-refractivity contribution in [2.45, 2.75) is 76.6 Å². The van der Waals surface area contributed by atoms with Gasteiger partial charge in [0.1, 0.15) is 0 Å². The molecule has 17 heavy (non-hydrogen) atoms. The van der Waals surface area contributed by atoms with E-state index in [1.807, 2.05) is 0 Å². The molecule has 1 N–H and O–H groups in total. The van der Waals surface area contributed by atoms with E-state index in [0.29, 0.717) is 11.4 Å². The minimum absolute atomic E-state index is 0.212. The summed E-state index contributed by atoms with van der Waals surface area (Å²) in [6.45, 7) is 4.28. The van der Waals surface area contributed by atoms with E-state index in [1.54, 1.807) is 0 Å². The van der Waals surface area contributed by atoms with Crippen LogP contribution in [0.2, 0.25) is 0 Å². The number of rotatable bonds is 6. The smallest absolute Gasteiger partial charge is 0.223 e. The molecular weight excluding hydrogens is 234 g/mol. The Kier molecular flexibility index (Phi) is 6.94. The second kappa shape index (κ2) is 7.97. The number of hydrogen-bond donors (Lipinski definition) is 1.